The van der Waals surface area contributed by atoms with Crippen molar-refractivity contribution in [3.63, 3.8) is 0 Å². The minimum Gasteiger partial charge on any atom is -0.378 e. The minimum absolute atomic E-state index is 0.0835. The largest absolute Gasteiger partial charge is 0.378 e. The zero-order valence-electron chi connectivity index (χ0n) is 10.4. The second-order valence-corrected chi connectivity index (χ2v) is 5.98. The van der Waals surface area contributed by atoms with Crippen LogP contribution in [0, 0.1) is 11.7 Å². The first kappa shape index (κ1) is 14.9. The number of hydrogen-bond acceptors (Lipinski definition) is 4. The van der Waals surface area contributed by atoms with Crippen LogP contribution in [-0.2, 0) is 10.0 Å². The molecule has 0 aliphatic rings. The Hall–Kier alpha value is -1.18. The van der Waals surface area contributed by atoms with E-state index in [-0.39, 0.29) is 22.5 Å². The van der Waals surface area contributed by atoms with Crippen molar-refractivity contribution in [2.75, 3.05) is 11.9 Å². The molecule has 1 aromatic rings. The summed E-state index contributed by atoms with van der Waals surface area (Å²) in [5, 5.41) is 7.86. The quantitative estimate of drug-likeness (QED) is 0.742. The number of halogens is 1. The molecule has 0 bridgehead atoms. The Morgan fingerprint density at radius 1 is 1.39 bits per heavy atom. The number of sulfonamides is 1. The molecule has 7 heteroatoms. The molecule has 0 aliphatic heterocycles. The Morgan fingerprint density at radius 2 is 2.00 bits per heavy atom. The van der Waals surface area contributed by atoms with Crippen molar-refractivity contribution in [1.29, 1.82) is 0 Å². The van der Waals surface area contributed by atoms with Crippen LogP contribution in [0.4, 0.5) is 10.1 Å². The van der Waals surface area contributed by atoms with Crippen molar-refractivity contribution in [2.45, 2.75) is 24.8 Å². The predicted octanol–water partition coefficient (Wildman–Crippen LogP) is 0.868. The van der Waals surface area contributed by atoms with E-state index >= 15 is 0 Å². The summed E-state index contributed by atoms with van der Waals surface area (Å²) in [7, 11) is -3.88. The minimum atomic E-state index is -3.88. The van der Waals surface area contributed by atoms with Crippen LogP contribution in [0.5, 0.6) is 0 Å². The number of anilines is 1. The van der Waals surface area contributed by atoms with Gasteiger partial charge in [-0.1, -0.05) is 13.8 Å². The van der Waals surface area contributed by atoms with E-state index < -0.39 is 15.8 Å². The first-order chi connectivity index (χ1) is 8.25. The first-order valence-electron chi connectivity index (χ1n) is 5.54. The molecule has 1 aromatic carbocycles. The second kappa shape index (κ2) is 5.64. The average Bonchev–Trinajstić information content (AvgIpc) is 2.25. The van der Waals surface area contributed by atoms with Gasteiger partial charge < -0.3 is 11.1 Å². The number of primary sulfonamides is 1. The van der Waals surface area contributed by atoms with Gasteiger partial charge in [-0.15, -0.1) is 0 Å². The highest BCUT2D eigenvalue weighted by Gasteiger charge is 2.15. The molecule has 0 amide bonds. The lowest BCUT2D eigenvalue weighted by atomic mass is 10.0. The summed E-state index contributed by atoms with van der Waals surface area (Å²) >= 11 is 0. The van der Waals surface area contributed by atoms with E-state index in [4.69, 9.17) is 10.9 Å². The SMILES string of the molecule is CC(C)C(CN)Nc1ccc(S(N)(=O)=O)cc1F. The number of nitrogens with two attached hydrogens (primary N) is 2. The van der Waals surface area contributed by atoms with Gasteiger partial charge >= 0.3 is 0 Å². The van der Waals surface area contributed by atoms with Crippen LogP contribution < -0.4 is 16.2 Å². The maximum Gasteiger partial charge on any atom is 0.238 e. The molecule has 1 unspecified atom stereocenters. The summed E-state index contributed by atoms with van der Waals surface area (Å²) in [6.07, 6.45) is 0. The standard InChI is InChI=1S/C11H18FN3O2S/c1-7(2)11(6-13)15-10-4-3-8(5-9(10)12)18(14,16)17/h3-5,7,11,15H,6,13H2,1-2H3,(H2,14,16,17). The van der Waals surface area contributed by atoms with Crippen LogP contribution in [0.3, 0.4) is 0 Å². The van der Waals surface area contributed by atoms with Gasteiger partial charge in [-0.25, -0.2) is 17.9 Å². The Kier molecular flexibility index (Phi) is 4.66. The Morgan fingerprint density at radius 3 is 2.39 bits per heavy atom. The van der Waals surface area contributed by atoms with Crippen LogP contribution in [-0.4, -0.2) is 21.0 Å². The molecule has 18 heavy (non-hydrogen) atoms. The number of rotatable bonds is 5. The molecule has 0 spiro atoms. The van der Waals surface area contributed by atoms with Crippen molar-refractivity contribution in [2.24, 2.45) is 16.8 Å². The molecule has 0 aromatic heterocycles. The van der Waals surface area contributed by atoms with Gasteiger partial charge in [0.2, 0.25) is 10.0 Å². The zero-order chi connectivity index (χ0) is 13.9. The fourth-order valence-corrected chi connectivity index (χ4v) is 2.01. The van der Waals surface area contributed by atoms with Gasteiger partial charge in [-0.3, -0.25) is 0 Å². The topological polar surface area (TPSA) is 98.2 Å². The van der Waals surface area contributed by atoms with E-state index in [1.54, 1.807) is 0 Å². The molecule has 5 N–H and O–H groups in total. The van der Waals surface area contributed by atoms with E-state index in [9.17, 15) is 12.8 Å². The molecule has 5 nitrogen and oxygen atoms in total. The summed E-state index contributed by atoms with van der Waals surface area (Å²) in [5.74, 6) is -0.437. The normalized spacial score (nSPS) is 13.7. The lowest BCUT2D eigenvalue weighted by molar-refractivity contribution is 0.525. The smallest absolute Gasteiger partial charge is 0.238 e. The highest BCUT2D eigenvalue weighted by molar-refractivity contribution is 7.89. The third-order valence-electron chi connectivity index (χ3n) is 2.67. The van der Waals surface area contributed by atoms with Crippen molar-refractivity contribution >= 4 is 15.7 Å². The van der Waals surface area contributed by atoms with Crippen molar-refractivity contribution in [3.8, 4) is 0 Å². The molecule has 1 rings (SSSR count). The molecule has 0 heterocycles. The van der Waals surface area contributed by atoms with Crippen molar-refractivity contribution in [3.05, 3.63) is 24.0 Å². The van der Waals surface area contributed by atoms with E-state index in [0.717, 1.165) is 6.07 Å². The van der Waals surface area contributed by atoms with Gasteiger partial charge in [0, 0.05) is 12.6 Å². The van der Waals surface area contributed by atoms with Crippen LogP contribution in [0.1, 0.15) is 13.8 Å². The maximum atomic E-state index is 13.7. The Labute approximate surface area is 106 Å². The van der Waals surface area contributed by atoms with Gasteiger partial charge in [0.25, 0.3) is 0 Å². The maximum absolute atomic E-state index is 13.7. The number of nitrogens with one attached hydrogen (secondary N) is 1. The fraction of sp³-hybridized carbons (Fsp3) is 0.455. The average molecular weight is 275 g/mol. The van der Waals surface area contributed by atoms with Crippen molar-refractivity contribution in [1.82, 2.24) is 0 Å². The molecule has 0 aliphatic carbocycles. The summed E-state index contributed by atoms with van der Waals surface area (Å²) in [6, 6.07) is 3.42. The molecular formula is C11H18FN3O2S. The zero-order valence-corrected chi connectivity index (χ0v) is 11.2. The van der Waals surface area contributed by atoms with E-state index in [1.165, 1.54) is 12.1 Å². The summed E-state index contributed by atoms with van der Waals surface area (Å²) < 4.78 is 35.8. The Balaban J connectivity index is 3.00. The molecular weight excluding hydrogens is 257 g/mol. The fourth-order valence-electron chi connectivity index (χ4n) is 1.49. The summed E-state index contributed by atoms with van der Waals surface area (Å²) in [5.41, 5.74) is 5.78. The number of hydrogen-bond donors (Lipinski definition) is 3. The monoisotopic (exact) mass is 275 g/mol. The van der Waals surface area contributed by atoms with Crippen LogP contribution >= 0.6 is 0 Å². The predicted molar refractivity (Wildman–Crippen MR) is 69.1 cm³/mol. The summed E-state index contributed by atoms with van der Waals surface area (Å²) in [6.45, 7) is 4.27. The third-order valence-corrected chi connectivity index (χ3v) is 3.58. The van der Waals surface area contributed by atoms with Gasteiger partial charge in [0.05, 0.1) is 10.6 Å². The highest BCUT2D eigenvalue weighted by Crippen LogP contribution is 2.20. The summed E-state index contributed by atoms with van der Waals surface area (Å²) in [4.78, 5) is -0.251. The van der Waals surface area contributed by atoms with Gasteiger partial charge in [0.15, 0.2) is 0 Å². The van der Waals surface area contributed by atoms with Gasteiger partial charge in [-0.05, 0) is 24.1 Å². The molecule has 102 valence electrons. The number of benzene rings is 1. The third kappa shape index (κ3) is 3.66. The highest BCUT2D eigenvalue weighted by atomic mass is 32.2. The van der Waals surface area contributed by atoms with E-state index in [1.807, 2.05) is 13.8 Å². The first-order valence-corrected chi connectivity index (χ1v) is 7.09. The van der Waals surface area contributed by atoms with Crippen LogP contribution in [0.15, 0.2) is 23.1 Å². The van der Waals surface area contributed by atoms with Crippen LogP contribution in [0.25, 0.3) is 0 Å². The molecule has 0 saturated heterocycles. The van der Waals surface area contributed by atoms with Crippen molar-refractivity contribution < 1.29 is 12.8 Å². The van der Waals surface area contributed by atoms with Gasteiger partial charge in [0.1, 0.15) is 5.82 Å². The molecule has 0 saturated carbocycles. The van der Waals surface area contributed by atoms with Gasteiger partial charge in [-0.2, -0.15) is 0 Å². The molecule has 0 radical (unpaired) electrons. The molecule has 0 fully saturated rings. The lowest BCUT2D eigenvalue weighted by Gasteiger charge is -2.22. The van der Waals surface area contributed by atoms with E-state index in [2.05, 4.69) is 5.32 Å². The molecule has 1 atom stereocenters. The van der Waals surface area contributed by atoms with E-state index in [0.29, 0.717) is 6.54 Å². The lowest BCUT2D eigenvalue weighted by Crippen LogP contribution is -2.34. The second-order valence-electron chi connectivity index (χ2n) is 4.42. The Bertz CT molecular complexity index is 517. The van der Waals surface area contributed by atoms with Crippen LogP contribution in [0.2, 0.25) is 0 Å².